The van der Waals surface area contributed by atoms with Crippen LogP contribution in [0, 0.1) is 0 Å². The van der Waals surface area contributed by atoms with E-state index in [0.717, 1.165) is 0 Å². The molecule has 0 heterocycles. The van der Waals surface area contributed by atoms with Crippen LogP contribution in [0.4, 0.5) is 8.78 Å². The van der Waals surface area contributed by atoms with Crippen LogP contribution in [0.5, 0.6) is 5.75 Å². The summed E-state index contributed by atoms with van der Waals surface area (Å²) in [6.45, 7) is 0.882. The topological polar surface area (TPSA) is 47.6 Å². The van der Waals surface area contributed by atoms with Crippen molar-refractivity contribution in [1.82, 2.24) is 5.32 Å². The molecule has 6 heteroatoms. The van der Waals surface area contributed by atoms with Crippen molar-refractivity contribution in [3.05, 3.63) is 29.8 Å². The first-order valence-electron chi connectivity index (χ1n) is 5.83. The molecule has 0 fully saturated rings. The zero-order valence-electron chi connectivity index (χ0n) is 11.1. The summed E-state index contributed by atoms with van der Waals surface area (Å²) in [5.41, 5.74) is -0.932. The Bertz CT molecular complexity index is 440. The first-order valence-corrected chi connectivity index (χ1v) is 5.83. The van der Waals surface area contributed by atoms with Crippen LogP contribution in [-0.4, -0.2) is 26.2 Å². The van der Waals surface area contributed by atoms with Crippen molar-refractivity contribution in [2.24, 2.45) is 0 Å². The number of para-hydroxylation sites is 1. The van der Waals surface area contributed by atoms with Crippen LogP contribution >= 0.6 is 0 Å². The largest absolute Gasteiger partial charge is 0.467 e. The minimum absolute atomic E-state index is 0.0497. The van der Waals surface area contributed by atoms with Crippen LogP contribution in [0.15, 0.2) is 24.3 Å². The van der Waals surface area contributed by atoms with E-state index in [1.54, 1.807) is 32.0 Å². The highest BCUT2D eigenvalue weighted by Crippen LogP contribution is 2.31. The molecule has 0 aromatic heterocycles. The summed E-state index contributed by atoms with van der Waals surface area (Å²) in [7, 11) is 1.24. The molecule has 0 radical (unpaired) electrons. The Hall–Kier alpha value is -1.69. The maximum absolute atomic E-state index is 12.4. The zero-order valence-corrected chi connectivity index (χ0v) is 11.1. The first-order chi connectivity index (χ1) is 8.95. The number of carbonyl (C=O) groups excluding carboxylic acids is 1. The SMILES string of the molecule is CCNC(C)(C(=O)OC)c1ccccc1OC(F)F. The number of alkyl halides is 2. The van der Waals surface area contributed by atoms with E-state index < -0.39 is 18.1 Å². The molecule has 1 N–H and O–H groups in total. The highest BCUT2D eigenvalue weighted by atomic mass is 19.3. The molecule has 1 aromatic rings. The molecule has 19 heavy (non-hydrogen) atoms. The Kier molecular flexibility index (Phi) is 5.23. The smallest absolute Gasteiger partial charge is 0.387 e. The summed E-state index contributed by atoms with van der Waals surface area (Å²) in [6, 6.07) is 6.15. The van der Waals surface area contributed by atoms with E-state index >= 15 is 0 Å². The summed E-state index contributed by atoms with van der Waals surface area (Å²) in [6.07, 6.45) is 0. The van der Waals surface area contributed by atoms with Gasteiger partial charge in [0.25, 0.3) is 0 Å². The molecule has 0 saturated heterocycles. The number of rotatable bonds is 6. The number of methoxy groups -OCH3 is 1. The van der Waals surface area contributed by atoms with Gasteiger partial charge < -0.3 is 9.47 Å². The normalized spacial score (nSPS) is 14.0. The number of ether oxygens (including phenoxy) is 2. The predicted molar refractivity (Wildman–Crippen MR) is 66.1 cm³/mol. The Balaban J connectivity index is 3.26. The first kappa shape index (κ1) is 15.4. The quantitative estimate of drug-likeness (QED) is 0.808. The molecule has 0 spiro atoms. The van der Waals surface area contributed by atoms with Gasteiger partial charge in [0.2, 0.25) is 0 Å². The van der Waals surface area contributed by atoms with Gasteiger partial charge in [0.05, 0.1) is 7.11 Å². The molecule has 0 bridgehead atoms. The number of hydrogen-bond donors (Lipinski definition) is 1. The Morgan fingerprint density at radius 3 is 2.58 bits per heavy atom. The van der Waals surface area contributed by atoms with Crippen molar-refractivity contribution in [3.63, 3.8) is 0 Å². The minimum Gasteiger partial charge on any atom is -0.467 e. The van der Waals surface area contributed by atoms with Crippen molar-refractivity contribution in [2.45, 2.75) is 26.0 Å². The third-order valence-corrected chi connectivity index (χ3v) is 2.77. The lowest BCUT2D eigenvalue weighted by Gasteiger charge is -2.29. The summed E-state index contributed by atoms with van der Waals surface area (Å²) in [5, 5.41) is 2.94. The van der Waals surface area contributed by atoms with Crippen LogP contribution in [0.25, 0.3) is 0 Å². The van der Waals surface area contributed by atoms with Gasteiger partial charge in [-0.2, -0.15) is 8.78 Å². The maximum atomic E-state index is 12.4. The Labute approximate surface area is 110 Å². The molecule has 106 valence electrons. The van der Waals surface area contributed by atoms with Gasteiger partial charge in [0, 0.05) is 5.56 Å². The average molecular weight is 273 g/mol. The molecule has 1 aromatic carbocycles. The van der Waals surface area contributed by atoms with Crippen LogP contribution in [0.1, 0.15) is 19.4 Å². The van der Waals surface area contributed by atoms with Crippen LogP contribution in [0.3, 0.4) is 0 Å². The van der Waals surface area contributed by atoms with Gasteiger partial charge in [0.15, 0.2) is 0 Å². The number of benzene rings is 1. The third kappa shape index (κ3) is 3.41. The van der Waals surface area contributed by atoms with E-state index in [4.69, 9.17) is 4.74 Å². The van der Waals surface area contributed by atoms with E-state index in [1.165, 1.54) is 13.2 Å². The van der Waals surface area contributed by atoms with Crippen LogP contribution in [-0.2, 0) is 15.1 Å². The van der Waals surface area contributed by atoms with Gasteiger partial charge >= 0.3 is 12.6 Å². The van der Waals surface area contributed by atoms with E-state index in [-0.39, 0.29) is 5.75 Å². The highest BCUT2D eigenvalue weighted by molar-refractivity contribution is 5.83. The standard InChI is InChI=1S/C13H17F2NO3/c1-4-16-13(2,11(17)18-3)9-7-5-6-8-10(9)19-12(14)15/h5-8,12,16H,4H2,1-3H3. The number of esters is 1. The molecule has 0 amide bonds. The number of halogens is 2. The lowest BCUT2D eigenvalue weighted by Crippen LogP contribution is -2.47. The van der Waals surface area contributed by atoms with Crippen molar-refractivity contribution < 1.29 is 23.0 Å². The predicted octanol–water partition coefficient (Wildman–Crippen LogP) is 2.29. The second kappa shape index (κ2) is 6.47. The number of hydrogen-bond acceptors (Lipinski definition) is 4. The summed E-state index contributed by atoms with van der Waals surface area (Å²) in [5.74, 6) is -0.619. The lowest BCUT2D eigenvalue weighted by atomic mass is 9.91. The van der Waals surface area contributed by atoms with Crippen molar-refractivity contribution in [2.75, 3.05) is 13.7 Å². The molecular formula is C13H17F2NO3. The van der Waals surface area contributed by atoms with Gasteiger partial charge in [0.1, 0.15) is 11.3 Å². The number of nitrogens with one attached hydrogen (secondary N) is 1. The molecule has 0 saturated carbocycles. The highest BCUT2D eigenvalue weighted by Gasteiger charge is 2.38. The fraction of sp³-hybridized carbons (Fsp3) is 0.462. The van der Waals surface area contributed by atoms with Gasteiger partial charge in [-0.25, -0.2) is 4.79 Å². The maximum Gasteiger partial charge on any atom is 0.387 e. The number of carbonyl (C=O) groups is 1. The third-order valence-electron chi connectivity index (χ3n) is 2.77. The van der Waals surface area contributed by atoms with E-state index in [9.17, 15) is 13.6 Å². The molecule has 1 rings (SSSR count). The van der Waals surface area contributed by atoms with Gasteiger partial charge in [-0.1, -0.05) is 25.1 Å². The van der Waals surface area contributed by atoms with Gasteiger partial charge in [-0.3, -0.25) is 5.32 Å². The van der Waals surface area contributed by atoms with E-state index in [1.807, 2.05) is 0 Å². The van der Waals surface area contributed by atoms with Crippen LogP contribution in [0.2, 0.25) is 0 Å². The molecule has 4 nitrogen and oxygen atoms in total. The van der Waals surface area contributed by atoms with Gasteiger partial charge in [-0.15, -0.1) is 0 Å². The molecule has 1 atom stereocenters. The molecule has 1 unspecified atom stereocenters. The Morgan fingerprint density at radius 1 is 1.42 bits per heavy atom. The minimum atomic E-state index is -2.95. The van der Waals surface area contributed by atoms with E-state index in [2.05, 4.69) is 10.1 Å². The molecule has 0 aliphatic rings. The summed E-state index contributed by atoms with van der Waals surface area (Å²) < 4.78 is 34.0. The van der Waals surface area contributed by atoms with Crippen molar-refractivity contribution in [1.29, 1.82) is 0 Å². The Morgan fingerprint density at radius 2 is 2.05 bits per heavy atom. The molecular weight excluding hydrogens is 256 g/mol. The summed E-state index contributed by atoms with van der Waals surface area (Å²) >= 11 is 0. The van der Waals surface area contributed by atoms with Crippen LogP contribution < -0.4 is 10.1 Å². The van der Waals surface area contributed by atoms with Gasteiger partial charge in [-0.05, 0) is 19.5 Å². The van der Waals surface area contributed by atoms with Crippen molar-refractivity contribution in [3.8, 4) is 5.75 Å². The second-order valence-corrected chi connectivity index (χ2v) is 4.02. The zero-order chi connectivity index (χ0) is 14.5. The number of likely N-dealkylation sites (N-methyl/N-ethyl adjacent to an activating group) is 1. The monoisotopic (exact) mass is 273 g/mol. The average Bonchev–Trinajstić information content (AvgIpc) is 2.37. The lowest BCUT2D eigenvalue weighted by molar-refractivity contribution is -0.148. The fourth-order valence-electron chi connectivity index (χ4n) is 1.91. The van der Waals surface area contributed by atoms with E-state index in [0.29, 0.717) is 12.1 Å². The van der Waals surface area contributed by atoms with Crippen molar-refractivity contribution >= 4 is 5.97 Å². The molecule has 0 aliphatic carbocycles. The fourth-order valence-corrected chi connectivity index (χ4v) is 1.91. The second-order valence-electron chi connectivity index (χ2n) is 4.02. The summed E-state index contributed by atoms with van der Waals surface area (Å²) in [4.78, 5) is 11.9. The molecule has 0 aliphatic heterocycles.